The number of nitrogens with zero attached hydrogens (tertiary/aromatic N) is 2. The maximum Gasteiger partial charge on any atom is 0.0377 e. The Morgan fingerprint density at radius 3 is 2.47 bits per heavy atom. The molecule has 0 spiro atoms. The van der Waals surface area contributed by atoms with Crippen LogP contribution in [0.4, 0.5) is 0 Å². The zero-order valence-electron chi connectivity index (χ0n) is 11.9. The summed E-state index contributed by atoms with van der Waals surface area (Å²) in [6.07, 6.45) is 2.41. The fourth-order valence-electron chi connectivity index (χ4n) is 3.54. The first-order chi connectivity index (χ1) is 9.36. The minimum Gasteiger partial charge on any atom is -0.315 e. The van der Waals surface area contributed by atoms with E-state index in [2.05, 4.69) is 52.5 Å². The number of hydrogen-bond donors (Lipinski definition) is 1. The highest BCUT2D eigenvalue weighted by Gasteiger charge is 2.35. The average molecular weight is 259 g/mol. The molecule has 2 bridgehead atoms. The molecule has 1 aromatic rings. The molecule has 3 saturated heterocycles. The van der Waals surface area contributed by atoms with Gasteiger partial charge in [-0.05, 0) is 25.5 Å². The number of benzene rings is 1. The average Bonchev–Trinajstić information content (AvgIpc) is 2.50. The first-order valence-electron chi connectivity index (χ1n) is 7.54. The number of likely N-dealkylation sites (N-methyl/N-ethyl adjacent to an activating group) is 1. The number of nitrogens with one attached hydrogen (secondary N) is 1. The van der Waals surface area contributed by atoms with Crippen molar-refractivity contribution in [2.75, 3.05) is 39.8 Å². The van der Waals surface area contributed by atoms with Gasteiger partial charge >= 0.3 is 0 Å². The zero-order valence-corrected chi connectivity index (χ0v) is 11.9. The highest BCUT2D eigenvalue weighted by Crippen LogP contribution is 2.20. The maximum absolute atomic E-state index is 3.56. The molecule has 3 fully saturated rings. The van der Waals surface area contributed by atoms with Gasteiger partial charge in [-0.15, -0.1) is 0 Å². The zero-order chi connectivity index (χ0) is 13.1. The van der Waals surface area contributed by atoms with E-state index in [0.717, 1.165) is 0 Å². The second-order valence-corrected chi connectivity index (χ2v) is 5.82. The van der Waals surface area contributed by atoms with Gasteiger partial charge in [-0.25, -0.2) is 0 Å². The van der Waals surface area contributed by atoms with E-state index < -0.39 is 0 Å². The lowest BCUT2D eigenvalue weighted by Crippen LogP contribution is -2.66. The Balaban J connectivity index is 1.58. The number of hydrogen-bond acceptors (Lipinski definition) is 3. The van der Waals surface area contributed by atoms with Crippen molar-refractivity contribution in [3.05, 3.63) is 35.9 Å². The van der Waals surface area contributed by atoms with Crippen molar-refractivity contribution >= 4 is 0 Å². The normalized spacial score (nSPS) is 31.3. The smallest absolute Gasteiger partial charge is 0.0377 e. The minimum absolute atomic E-state index is 0.614. The van der Waals surface area contributed by atoms with Gasteiger partial charge < -0.3 is 5.32 Å². The Bertz CT molecular complexity index is 384. The van der Waals surface area contributed by atoms with Gasteiger partial charge in [0, 0.05) is 44.8 Å². The first-order valence-corrected chi connectivity index (χ1v) is 7.54. The van der Waals surface area contributed by atoms with Crippen LogP contribution in [0.1, 0.15) is 12.0 Å². The topological polar surface area (TPSA) is 18.5 Å². The van der Waals surface area contributed by atoms with E-state index in [9.17, 15) is 0 Å². The molecule has 3 aliphatic rings. The highest BCUT2D eigenvalue weighted by atomic mass is 15.4. The summed E-state index contributed by atoms with van der Waals surface area (Å²) in [7, 11) is 2.12. The molecule has 3 heteroatoms. The van der Waals surface area contributed by atoms with Crippen LogP contribution in [-0.2, 0) is 6.42 Å². The second kappa shape index (κ2) is 6.04. The Hall–Kier alpha value is -0.900. The van der Waals surface area contributed by atoms with Gasteiger partial charge in [0.15, 0.2) is 0 Å². The Labute approximate surface area is 116 Å². The van der Waals surface area contributed by atoms with Gasteiger partial charge in [-0.1, -0.05) is 30.3 Å². The molecule has 1 N–H and O–H groups in total. The van der Waals surface area contributed by atoms with Gasteiger partial charge in [0.1, 0.15) is 0 Å². The van der Waals surface area contributed by atoms with Crippen molar-refractivity contribution < 1.29 is 0 Å². The largest absolute Gasteiger partial charge is 0.315 e. The van der Waals surface area contributed by atoms with Crippen LogP contribution in [0.3, 0.4) is 0 Å². The molecular formula is C16H25N3. The van der Waals surface area contributed by atoms with Crippen LogP contribution in [-0.4, -0.2) is 61.7 Å². The fourth-order valence-corrected chi connectivity index (χ4v) is 3.54. The molecule has 3 aliphatic heterocycles. The molecule has 0 aromatic heterocycles. The molecule has 104 valence electrons. The van der Waals surface area contributed by atoms with Crippen LogP contribution < -0.4 is 5.32 Å². The maximum atomic E-state index is 3.56. The molecule has 4 rings (SSSR count). The van der Waals surface area contributed by atoms with Gasteiger partial charge in [-0.3, -0.25) is 9.80 Å². The predicted molar refractivity (Wildman–Crippen MR) is 79.4 cm³/mol. The van der Waals surface area contributed by atoms with Crippen molar-refractivity contribution in [2.45, 2.75) is 24.9 Å². The Morgan fingerprint density at radius 1 is 1.16 bits per heavy atom. The summed E-state index contributed by atoms with van der Waals surface area (Å²) in [6.45, 7) is 6.31. The minimum atomic E-state index is 0.614. The second-order valence-electron chi connectivity index (χ2n) is 5.82. The molecule has 3 heterocycles. The first kappa shape index (κ1) is 13.1. The summed E-state index contributed by atoms with van der Waals surface area (Å²) in [5.74, 6) is 0. The quantitative estimate of drug-likeness (QED) is 0.857. The lowest BCUT2D eigenvalue weighted by atomic mass is 9.95. The Morgan fingerprint density at radius 2 is 1.89 bits per heavy atom. The lowest BCUT2D eigenvalue weighted by Gasteiger charge is -2.50. The molecule has 0 saturated carbocycles. The molecule has 2 unspecified atom stereocenters. The summed E-state index contributed by atoms with van der Waals surface area (Å²) in [5, 5.41) is 3.56. The number of piperazine rings is 3. The van der Waals surface area contributed by atoms with Crippen LogP contribution in [0, 0.1) is 0 Å². The van der Waals surface area contributed by atoms with Crippen LogP contribution in [0.5, 0.6) is 0 Å². The fraction of sp³-hybridized carbons (Fsp3) is 0.625. The monoisotopic (exact) mass is 259 g/mol. The summed E-state index contributed by atoms with van der Waals surface area (Å²) in [6, 6.07) is 12.2. The van der Waals surface area contributed by atoms with Crippen molar-refractivity contribution in [1.82, 2.24) is 15.1 Å². The summed E-state index contributed by atoms with van der Waals surface area (Å²) < 4.78 is 0. The van der Waals surface area contributed by atoms with Crippen molar-refractivity contribution in [1.29, 1.82) is 0 Å². The number of aryl methyl sites for hydroxylation is 1. The number of rotatable bonds is 5. The van der Waals surface area contributed by atoms with Crippen molar-refractivity contribution in [3.8, 4) is 0 Å². The van der Waals surface area contributed by atoms with Crippen molar-refractivity contribution in [2.24, 2.45) is 0 Å². The highest BCUT2D eigenvalue weighted by molar-refractivity contribution is 5.15. The van der Waals surface area contributed by atoms with E-state index in [-0.39, 0.29) is 0 Å². The summed E-state index contributed by atoms with van der Waals surface area (Å²) >= 11 is 0. The molecule has 0 radical (unpaired) electrons. The van der Waals surface area contributed by atoms with E-state index in [1.54, 1.807) is 0 Å². The third kappa shape index (κ3) is 2.99. The standard InChI is InChI=1S/C16H25N3/c1-17-15(8-7-14-5-3-2-4-6-14)16-13-18-9-11-19(16)12-10-18/h2-6,15-17H,7-13H2,1H3. The third-order valence-corrected chi connectivity index (χ3v) is 4.74. The van der Waals surface area contributed by atoms with Gasteiger partial charge in [-0.2, -0.15) is 0 Å². The van der Waals surface area contributed by atoms with E-state index in [1.807, 2.05) is 0 Å². The van der Waals surface area contributed by atoms with Crippen LogP contribution in [0.2, 0.25) is 0 Å². The van der Waals surface area contributed by atoms with E-state index in [1.165, 1.54) is 51.1 Å². The molecule has 0 aliphatic carbocycles. The van der Waals surface area contributed by atoms with Crippen molar-refractivity contribution in [3.63, 3.8) is 0 Å². The van der Waals surface area contributed by atoms with E-state index in [0.29, 0.717) is 12.1 Å². The Kier molecular flexibility index (Phi) is 4.16. The number of fused-ring (bicyclic) bond motifs is 3. The van der Waals surface area contributed by atoms with E-state index >= 15 is 0 Å². The lowest BCUT2D eigenvalue weighted by molar-refractivity contribution is -0.00326. The molecular weight excluding hydrogens is 234 g/mol. The van der Waals surface area contributed by atoms with E-state index in [4.69, 9.17) is 0 Å². The molecule has 0 amide bonds. The molecule has 2 atom stereocenters. The van der Waals surface area contributed by atoms with Crippen LogP contribution in [0.25, 0.3) is 0 Å². The SMILES string of the molecule is CNC(CCc1ccccc1)C1CN2CCN1CC2. The van der Waals surface area contributed by atoms with Crippen LogP contribution in [0.15, 0.2) is 30.3 Å². The summed E-state index contributed by atoms with van der Waals surface area (Å²) in [4.78, 5) is 5.31. The molecule has 3 nitrogen and oxygen atoms in total. The summed E-state index contributed by atoms with van der Waals surface area (Å²) in [5.41, 5.74) is 1.46. The van der Waals surface area contributed by atoms with Crippen LogP contribution >= 0.6 is 0 Å². The van der Waals surface area contributed by atoms with Gasteiger partial charge in [0.25, 0.3) is 0 Å². The molecule has 1 aromatic carbocycles. The predicted octanol–water partition coefficient (Wildman–Crippen LogP) is 1.21. The third-order valence-electron chi connectivity index (χ3n) is 4.74. The molecule has 19 heavy (non-hydrogen) atoms. The van der Waals surface area contributed by atoms with Gasteiger partial charge in [0.2, 0.25) is 0 Å². The van der Waals surface area contributed by atoms with Gasteiger partial charge in [0.05, 0.1) is 0 Å².